The Morgan fingerprint density at radius 2 is 2.50 bits per heavy atom. The van der Waals surface area contributed by atoms with Crippen LogP contribution in [0.2, 0.25) is 0 Å². The highest BCUT2D eigenvalue weighted by Crippen LogP contribution is 2.15. The van der Waals surface area contributed by atoms with Crippen LogP contribution in [0.25, 0.3) is 0 Å². The van der Waals surface area contributed by atoms with Gasteiger partial charge in [0.15, 0.2) is 0 Å². The molecule has 0 fully saturated rings. The van der Waals surface area contributed by atoms with E-state index in [2.05, 4.69) is 37.5 Å². The van der Waals surface area contributed by atoms with Crippen LogP contribution in [-0.4, -0.2) is 24.5 Å². The number of hydrogen-bond acceptors (Lipinski definition) is 3. The molecule has 52 valence electrons. The fraction of sp³-hybridized carbons (Fsp3) is 0.333. The first kappa shape index (κ1) is 6.09. The molecule has 0 bridgehead atoms. The Kier molecular flexibility index (Phi) is 1.34. The van der Waals surface area contributed by atoms with E-state index < -0.39 is 0 Å². The molecular weight excluding hydrogens is 194 g/mol. The van der Waals surface area contributed by atoms with Crippen molar-refractivity contribution >= 4 is 28.4 Å². The lowest BCUT2D eigenvalue weighted by Crippen LogP contribution is -2.30. The van der Waals surface area contributed by atoms with Crippen molar-refractivity contribution in [3.05, 3.63) is 10.6 Å². The Hall–Kier alpha value is -0.640. The molecule has 0 aliphatic carbocycles. The number of hydrazone groups is 1. The number of nitrogens with zero attached hydrogens (tertiary/aromatic N) is 2. The molecule has 0 spiro atoms. The molecule has 0 saturated heterocycles. The second-order valence-corrected chi connectivity index (χ2v) is 3.17. The molecule has 2 rings (SSSR count). The molecule has 2 unspecified atom stereocenters. The van der Waals surface area contributed by atoms with E-state index in [9.17, 15) is 0 Å². The van der Waals surface area contributed by atoms with E-state index in [1.165, 1.54) is 0 Å². The molecule has 10 heavy (non-hydrogen) atoms. The fourth-order valence-electron chi connectivity index (χ4n) is 1.01. The zero-order chi connectivity index (χ0) is 6.97. The number of aliphatic imine (C=N–C) groups is 1. The third-order valence-electron chi connectivity index (χ3n) is 1.53. The van der Waals surface area contributed by atoms with Gasteiger partial charge in [-0.05, 0) is 22.0 Å². The minimum absolute atomic E-state index is 0.210. The highest BCUT2D eigenvalue weighted by atomic mass is 79.9. The van der Waals surface area contributed by atoms with Crippen molar-refractivity contribution in [3.8, 4) is 0 Å². The van der Waals surface area contributed by atoms with Gasteiger partial charge in [0.25, 0.3) is 0 Å². The van der Waals surface area contributed by atoms with Crippen LogP contribution in [0.3, 0.4) is 0 Å². The maximum Gasteiger partial charge on any atom is 0.112 e. The monoisotopic (exact) mass is 199 g/mol. The SMILES string of the molecule is BrC1=CC2NN=CC2N=C1. The Morgan fingerprint density at radius 3 is 3.40 bits per heavy atom. The number of allylic oxidation sites excluding steroid dienone is 1. The molecule has 0 aromatic heterocycles. The van der Waals surface area contributed by atoms with Crippen LogP contribution in [-0.2, 0) is 0 Å². The summed E-state index contributed by atoms with van der Waals surface area (Å²) in [5.41, 5.74) is 2.94. The summed E-state index contributed by atoms with van der Waals surface area (Å²) in [5.74, 6) is 0. The predicted molar refractivity (Wildman–Crippen MR) is 44.7 cm³/mol. The molecule has 0 amide bonds. The molecule has 0 saturated carbocycles. The molecule has 3 nitrogen and oxygen atoms in total. The zero-order valence-electron chi connectivity index (χ0n) is 5.16. The lowest BCUT2D eigenvalue weighted by atomic mass is 10.1. The van der Waals surface area contributed by atoms with Gasteiger partial charge in [0.1, 0.15) is 6.04 Å². The number of fused-ring (bicyclic) bond motifs is 1. The van der Waals surface area contributed by atoms with Gasteiger partial charge >= 0.3 is 0 Å². The largest absolute Gasteiger partial charge is 0.301 e. The summed E-state index contributed by atoms with van der Waals surface area (Å²) in [5, 5.41) is 3.91. The van der Waals surface area contributed by atoms with E-state index in [0.29, 0.717) is 0 Å². The summed E-state index contributed by atoms with van der Waals surface area (Å²) < 4.78 is 1.02. The van der Waals surface area contributed by atoms with E-state index in [0.717, 1.165) is 4.48 Å². The second-order valence-electron chi connectivity index (χ2n) is 2.25. The topological polar surface area (TPSA) is 36.8 Å². The van der Waals surface area contributed by atoms with Crippen LogP contribution in [0.4, 0.5) is 0 Å². The van der Waals surface area contributed by atoms with Crippen molar-refractivity contribution in [3.63, 3.8) is 0 Å². The van der Waals surface area contributed by atoms with Crippen LogP contribution in [0.1, 0.15) is 0 Å². The summed E-state index contributed by atoms with van der Waals surface area (Å²) in [6.07, 6.45) is 5.68. The number of nitrogens with one attached hydrogen (secondary N) is 1. The van der Waals surface area contributed by atoms with Gasteiger partial charge < -0.3 is 5.43 Å². The number of rotatable bonds is 0. The molecule has 2 atom stereocenters. The zero-order valence-corrected chi connectivity index (χ0v) is 6.75. The summed E-state index contributed by atoms with van der Waals surface area (Å²) in [6, 6.07) is 0.473. The fourth-order valence-corrected chi connectivity index (χ4v) is 1.42. The minimum atomic E-state index is 0.210. The first-order valence-electron chi connectivity index (χ1n) is 3.05. The van der Waals surface area contributed by atoms with Gasteiger partial charge in [-0.15, -0.1) is 0 Å². The third-order valence-corrected chi connectivity index (χ3v) is 2.00. The van der Waals surface area contributed by atoms with E-state index in [-0.39, 0.29) is 12.1 Å². The Bertz CT molecular complexity index is 231. The van der Waals surface area contributed by atoms with Crippen molar-refractivity contribution < 1.29 is 0 Å². The minimum Gasteiger partial charge on any atom is -0.301 e. The van der Waals surface area contributed by atoms with E-state index in [1.807, 2.05) is 6.21 Å². The number of halogens is 1. The standard InChI is InChI=1S/C6H6BrN3/c7-4-1-5-6(8-2-4)3-9-10-5/h1-3,5-6,10H. The molecule has 0 aromatic rings. The second kappa shape index (κ2) is 2.20. The lowest BCUT2D eigenvalue weighted by molar-refractivity contribution is 0.635. The van der Waals surface area contributed by atoms with Gasteiger partial charge in [-0.2, -0.15) is 5.10 Å². The van der Waals surface area contributed by atoms with Gasteiger partial charge in [0, 0.05) is 10.7 Å². The summed E-state index contributed by atoms with van der Waals surface area (Å²) in [4.78, 5) is 4.22. The van der Waals surface area contributed by atoms with Gasteiger partial charge in [-0.25, -0.2) is 0 Å². The van der Waals surface area contributed by atoms with E-state index in [1.54, 1.807) is 6.21 Å². The van der Waals surface area contributed by atoms with Crippen LogP contribution >= 0.6 is 15.9 Å². The molecule has 2 heterocycles. The summed E-state index contributed by atoms with van der Waals surface area (Å²) >= 11 is 3.34. The highest BCUT2D eigenvalue weighted by Gasteiger charge is 2.22. The summed E-state index contributed by atoms with van der Waals surface area (Å²) in [6.45, 7) is 0. The van der Waals surface area contributed by atoms with Crippen LogP contribution in [0, 0.1) is 0 Å². The predicted octanol–water partition coefficient (Wildman–Crippen LogP) is 0.676. The maximum absolute atomic E-state index is 4.22. The van der Waals surface area contributed by atoms with Crippen LogP contribution in [0.5, 0.6) is 0 Å². The molecule has 0 radical (unpaired) electrons. The van der Waals surface area contributed by atoms with Gasteiger partial charge in [-0.1, -0.05) is 0 Å². The van der Waals surface area contributed by atoms with Crippen LogP contribution in [0.15, 0.2) is 20.7 Å². The van der Waals surface area contributed by atoms with Crippen molar-refractivity contribution in [2.75, 3.05) is 0 Å². The number of hydrogen-bond donors (Lipinski definition) is 1. The van der Waals surface area contributed by atoms with Gasteiger partial charge in [0.2, 0.25) is 0 Å². The summed E-state index contributed by atoms with van der Waals surface area (Å²) in [7, 11) is 0. The van der Waals surface area contributed by atoms with Gasteiger partial charge in [0.05, 0.1) is 12.3 Å². The van der Waals surface area contributed by atoms with Crippen LogP contribution < -0.4 is 5.43 Å². The Balaban J connectivity index is 2.25. The van der Waals surface area contributed by atoms with Crippen molar-refractivity contribution in [1.82, 2.24) is 5.43 Å². The lowest BCUT2D eigenvalue weighted by Gasteiger charge is -2.13. The molecule has 4 heteroatoms. The Morgan fingerprint density at radius 1 is 1.60 bits per heavy atom. The van der Waals surface area contributed by atoms with E-state index >= 15 is 0 Å². The molecule has 2 aliphatic rings. The maximum atomic E-state index is 4.22. The average Bonchev–Trinajstić information content (AvgIpc) is 2.33. The Labute approximate surface area is 67.0 Å². The smallest absolute Gasteiger partial charge is 0.112 e. The molecule has 1 N–H and O–H groups in total. The highest BCUT2D eigenvalue weighted by molar-refractivity contribution is 9.12. The first-order valence-corrected chi connectivity index (χ1v) is 3.85. The van der Waals surface area contributed by atoms with Gasteiger partial charge in [-0.3, -0.25) is 4.99 Å². The first-order chi connectivity index (χ1) is 4.86. The molecule has 0 aromatic carbocycles. The van der Waals surface area contributed by atoms with E-state index in [4.69, 9.17) is 0 Å². The number of dihydropyridines is 1. The normalized spacial score (nSPS) is 35.1. The molecular formula is C6H6BrN3. The third kappa shape index (κ3) is 0.883. The quantitative estimate of drug-likeness (QED) is 0.613. The average molecular weight is 200 g/mol. The van der Waals surface area contributed by atoms with Crippen molar-refractivity contribution in [2.24, 2.45) is 10.1 Å². The van der Waals surface area contributed by atoms with Crippen molar-refractivity contribution in [1.29, 1.82) is 0 Å². The molecule has 2 aliphatic heterocycles. The van der Waals surface area contributed by atoms with Crippen molar-refractivity contribution in [2.45, 2.75) is 12.1 Å².